The highest BCUT2D eigenvalue weighted by molar-refractivity contribution is 6.30. The minimum absolute atomic E-state index is 0.0352. The van der Waals surface area contributed by atoms with E-state index in [1.165, 1.54) is 11.9 Å². The van der Waals surface area contributed by atoms with Crippen LogP contribution in [0.4, 0.5) is 36.3 Å². The average Bonchev–Trinajstić information content (AvgIpc) is 2.68. The Morgan fingerprint density at radius 3 is 2.23 bits per heavy atom. The number of halogens is 4. The first-order valence-electron chi connectivity index (χ1n) is 9.11. The van der Waals surface area contributed by atoms with E-state index >= 15 is 0 Å². The monoisotopic (exact) mass is 436 g/mol. The molecule has 30 heavy (non-hydrogen) atoms. The lowest BCUT2D eigenvalue weighted by atomic mass is 10.2. The van der Waals surface area contributed by atoms with E-state index in [1.54, 1.807) is 48.5 Å². The maximum Gasteiger partial charge on any atom is 0.421 e. The Morgan fingerprint density at radius 1 is 1.03 bits per heavy atom. The molecule has 3 rings (SSSR count). The van der Waals surface area contributed by atoms with Gasteiger partial charge >= 0.3 is 6.18 Å². The Balaban J connectivity index is 1.91. The van der Waals surface area contributed by atoms with E-state index in [2.05, 4.69) is 15.3 Å². The van der Waals surface area contributed by atoms with E-state index in [1.807, 2.05) is 13.8 Å². The van der Waals surface area contributed by atoms with E-state index < -0.39 is 11.7 Å². The van der Waals surface area contributed by atoms with Crippen LogP contribution in [-0.2, 0) is 6.18 Å². The summed E-state index contributed by atoms with van der Waals surface area (Å²) < 4.78 is 46.2. The second kappa shape index (κ2) is 8.79. The first kappa shape index (κ1) is 21.7. The molecular formula is C21H20ClF3N4O. The van der Waals surface area contributed by atoms with Crippen LogP contribution in [0.3, 0.4) is 0 Å². The molecule has 0 amide bonds. The average molecular weight is 437 g/mol. The molecule has 0 aliphatic rings. The normalized spacial score (nSPS) is 11.5. The van der Waals surface area contributed by atoms with Crippen molar-refractivity contribution in [2.24, 2.45) is 0 Å². The summed E-state index contributed by atoms with van der Waals surface area (Å²) in [5.41, 5.74) is 0.182. The summed E-state index contributed by atoms with van der Waals surface area (Å²) in [4.78, 5) is 9.30. The number of alkyl halides is 3. The van der Waals surface area contributed by atoms with Crippen LogP contribution in [0.5, 0.6) is 5.75 Å². The van der Waals surface area contributed by atoms with E-state index in [4.69, 9.17) is 16.3 Å². The van der Waals surface area contributed by atoms with Gasteiger partial charge < -0.3 is 15.0 Å². The van der Waals surface area contributed by atoms with Crippen molar-refractivity contribution in [2.45, 2.75) is 26.1 Å². The number of nitrogens with zero attached hydrogens (tertiary/aromatic N) is 3. The van der Waals surface area contributed by atoms with Crippen LogP contribution in [0, 0.1) is 0 Å². The molecule has 1 N–H and O–H groups in total. The minimum Gasteiger partial charge on any atom is -0.491 e. The molecule has 5 nitrogen and oxygen atoms in total. The Bertz CT molecular complexity index is 993. The van der Waals surface area contributed by atoms with Gasteiger partial charge in [-0.25, -0.2) is 4.98 Å². The highest BCUT2D eigenvalue weighted by Crippen LogP contribution is 2.37. The Kier molecular flexibility index (Phi) is 6.36. The number of rotatable bonds is 6. The third kappa shape index (κ3) is 5.33. The standard InChI is InChI=1S/C21H20ClF3N4O/c1-13(2)30-17-10-6-15(7-11-17)27-20-26-12-18(21(23,24)25)19(28-20)29(3)16-8-4-14(22)5-9-16/h4-13H,1-3H3,(H,26,27,28). The van der Waals surface area contributed by atoms with Crippen molar-refractivity contribution in [3.8, 4) is 5.75 Å². The lowest BCUT2D eigenvalue weighted by Gasteiger charge is -2.23. The van der Waals surface area contributed by atoms with Gasteiger partial charge in [0.25, 0.3) is 0 Å². The quantitative estimate of drug-likeness (QED) is 0.481. The van der Waals surface area contributed by atoms with Crippen molar-refractivity contribution in [1.29, 1.82) is 0 Å². The predicted molar refractivity (Wildman–Crippen MR) is 112 cm³/mol. The Labute approximate surface area is 177 Å². The van der Waals surface area contributed by atoms with E-state index in [0.717, 1.165) is 6.20 Å². The summed E-state index contributed by atoms with van der Waals surface area (Å²) in [6.45, 7) is 3.84. The molecule has 0 radical (unpaired) electrons. The fourth-order valence-electron chi connectivity index (χ4n) is 2.69. The van der Waals surface area contributed by atoms with Crippen molar-refractivity contribution in [1.82, 2.24) is 9.97 Å². The van der Waals surface area contributed by atoms with Crippen molar-refractivity contribution in [3.63, 3.8) is 0 Å². The van der Waals surface area contributed by atoms with Crippen LogP contribution < -0.4 is 15.0 Å². The molecule has 0 aliphatic carbocycles. The first-order chi connectivity index (χ1) is 14.1. The summed E-state index contributed by atoms with van der Waals surface area (Å²) in [6.07, 6.45) is -3.80. The third-order valence-electron chi connectivity index (χ3n) is 4.09. The van der Waals surface area contributed by atoms with Crippen LogP contribution in [0.15, 0.2) is 54.7 Å². The lowest BCUT2D eigenvalue weighted by molar-refractivity contribution is -0.137. The van der Waals surface area contributed by atoms with E-state index in [0.29, 0.717) is 22.1 Å². The van der Waals surface area contributed by atoms with Gasteiger partial charge in [0.05, 0.1) is 6.10 Å². The fourth-order valence-corrected chi connectivity index (χ4v) is 2.82. The molecule has 0 bridgehead atoms. The van der Waals surface area contributed by atoms with Gasteiger partial charge in [-0.2, -0.15) is 18.2 Å². The molecule has 3 aromatic rings. The molecule has 0 aliphatic heterocycles. The highest BCUT2D eigenvalue weighted by Gasteiger charge is 2.36. The van der Waals surface area contributed by atoms with Gasteiger partial charge in [0, 0.05) is 29.6 Å². The van der Waals surface area contributed by atoms with Crippen LogP contribution in [-0.4, -0.2) is 23.1 Å². The second-order valence-corrected chi connectivity index (χ2v) is 7.22. The maximum atomic E-state index is 13.5. The molecule has 0 spiro atoms. The zero-order chi connectivity index (χ0) is 21.9. The fraction of sp³-hybridized carbons (Fsp3) is 0.238. The molecule has 0 saturated heterocycles. The number of ether oxygens (including phenoxy) is 1. The van der Waals surface area contributed by atoms with Crippen molar-refractivity contribution in [3.05, 3.63) is 65.3 Å². The smallest absolute Gasteiger partial charge is 0.421 e. The molecule has 0 fully saturated rings. The third-order valence-corrected chi connectivity index (χ3v) is 4.34. The number of hydrogen-bond donors (Lipinski definition) is 1. The number of benzene rings is 2. The molecular weight excluding hydrogens is 417 g/mol. The van der Waals surface area contributed by atoms with Crippen LogP contribution in [0.2, 0.25) is 5.02 Å². The predicted octanol–water partition coefficient (Wildman–Crippen LogP) is 6.45. The van der Waals surface area contributed by atoms with Gasteiger partial charge in [-0.05, 0) is 62.4 Å². The summed E-state index contributed by atoms with van der Waals surface area (Å²) in [7, 11) is 1.50. The van der Waals surface area contributed by atoms with E-state index in [9.17, 15) is 13.2 Å². The number of aromatic nitrogens is 2. The van der Waals surface area contributed by atoms with Crippen LogP contribution >= 0.6 is 11.6 Å². The molecule has 0 unspecified atom stereocenters. The molecule has 2 aromatic carbocycles. The molecule has 0 saturated carbocycles. The second-order valence-electron chi connectivity index (χ2n) is 6.78. The molecule has 9 heteroatoms. The zero-order valence-electron chi connectivity index (χ0n) is 16.5. The summed E-state index contributed by atoms with van der Waals surface area (Å²) in [6, 6.07) is 13.4. The minimum atomic E-state index is -4.61. The van der Waals surface area contributed by atoms with Gasteiger partial charge in [-0.3, -0.25) is 0 Å². The van der Waals surface area contributed by atoms with Crippen LogP contribution in [0.25, 0.3) is 0 Å². The molecule has 158 valence electrons. The van der Waals surface area contributed by atoms with Gasteiger partial charge in [0.15, 0.2) is 5.82 Å². The lowest BCUT2D eigenvalue weighted by Crippen LogP contribution is -2.19. The molecule has 1 heterocycles. The van der Waals surface area contributed by atoms with Crippen LogP contribution in [0.1, 0.15) is 19.4 Å². The maximum absolute atomic E-state index is 13.5. The van der Waals surface area contributed by atoms with Crippen molar-refractivity contribution < 1.29 is 17.9 Å². The van der Waals surface area contributed by atoms with Crippen molar-refractivity contribution >= 4 is 34.7 Å². The number of nitrogens with one attached hydrogen (secondary N) is 1. The number of anilines is 4. The largest absolute Gasteiger partial charge is 0.491 e. The Hall–Kier alpha value is -3.00. The van der Waals surface area contributed by atoms with Gasteiger partial charge in [0.2, 0.25) is 5.95 Å². The van der Waals surface area contributed by atoms with Crippen molar-refractivity contribution in [2.75, 3.05) is 17.3 Å². The van der Waals surface area contributed by atoms with Gasteiger partial charge in [-0.1, -0.05) is 11.6 Å². The zero-order valence-corrected chi connectivity index (χ0v) is 17.3. The first-order valence-corrected chi connectivity index (χ1v) is 9.48. The number of hydrogen-bond acceptors (Lipinski definition) is 5. The van der Waals surface area contributed by atoms with Gasteiger partial charge in [-0.15, -0.1) is 0 Å². The SMILES string of the molecule is CC(C)Oc1ccc(Nc2ncc(C(F)(F)F)c(N(C)c3ccc(Cl)cc3)n2)cc1. The Morgan fingerprint density at radius 2 is 1.67 bits per heavy atom. The molecule has 0 atom stereocenters. The summed E-state index contributed by atoms with van der Waals surface area (Å²) in [5, 5.41) is 3.41. The topological polar surface area (TPSA) is 50.3 Å². The summed E-state index contributed by atoms with van der Waals surface area (Å²) in [5.74, 6) is 0.450. The highest BCUT2D eigenvalue weighted by atomic mass is 35.5. The van der Waals surface area contributed by atoms with Gasteiger partial charge in [0.1, 0.15) is 11.3 Å². The summed E-state index contributed by atoms with van der Waals surface area (Å²) >= 11 is 5.88. The molecule has 1 aromatic heterocycles. The van der Waals surface area contributed by atoms with E-state index in [-0.39, 0.29) is 17.9 Å².